The molecule has 2 aliphatic rings. The minimum Gasteiger partial charge on any atom is -0.465 e. The Bertz CT molecular complexity index is 1570. The molecule has 0 bridgehead atoms. The lowest BCUT2D eigenvalue weighted by Gasteiger charge is -2.30. The Balaban J connectivity index is 1.44. The van der Waals surface area contributed by atoms with E-state index in [1.54, 1.807) is 48.3 Å². The zero-order valence-corrected chi connectivity index (χ0v) is 20.3. The summed E-state index contributed by atoms with van der Waals surface area (Å²) in [6, 6.07) is 15.1. The summed E-state index contributed by atoms with van der Waals surface area (Å²) in [6.07, 6.45) is -1.25. The molecule has 0 radical (unpaired) electrons. The van der Waals surface area contributed by atoms with Crippen molar-refractivity contribution in [1.82, 2.24) is 9.47 Å². The van der Waals surface area contributed by atoms with Crippen LogP contribution in [0.2, 0.25) is 0 Å². The van der Waals surface area contributed by atoms with Gasteiger partial charge in [0.2, 0.25) is 18.5 Å². The number of likely N-dealkylation sites (tertiary alicyclic amines) is 1. The van der Waals surface area contributed by atoms with Gasteiger partial charge in [-0.05, 0) is 55.6 Å². The number of carbonyl (C=O) groups is 2. The number of carbonyl (C=O) groups excluding carboxylic acids is 2. The lowest BCUT2D eigenvalue weighted by atomic mass is 10.1. The Kier molecular flexibility index (Phi) is 5.83. The van der Waals surface area contributed by atoms with Crippen LogP contribution in [0.5, 0.6) is 5.75 Å². The molecule has 3 aromatic carbocycles. The number of alkyl halides is 1. The second kappa shape index (κ2) is 9.21. The Labute approximate surface area is 215 Å². The Morgan fingerprint density at radius 1 is 1.03 bits per heavy atom. The number of ether oxygens (including phenoxy) is 1. The van der Waals surface area contributed by atoms with Crippen LogP contribution in [0.25, 0.3) is 22.2 Å². The molecule has 194 valence electrons. The van der Waals surface area contributed by atoms with Crippen LogP contribution in [0.1, 0.15) is 18.2 Å². The monoisotopic (exact) mass is 520 g/mol. The number of hydrogen-bond donors (Lipinski definition) is 2. The van der Waals surface area contributed by atoms with Crippen LogP contribution in [-0.4, -0.2) is 47.6 Å². The average Bonchev–Trinajstić information content (AvgIpc) is 3.42. The van der Waals surface area contributed by atoms with Gasteiger partial charge >= 0.3 is 0 Å². The maximum atomic E-state index is 14.2. The van der Waals surface area contributed by atoms with Gasteiger partial charge < -0.3 is 19.9 Å². The van der Waals surface area contributed by atoms with Crippen LogP contribution in [0, 0.1) is 11.6 Å². The van der Waals surface area contributed by atoms with E-state index in [1.165, 1.54) is 12.1 Å². The summed E-state index contributed by atoms with van der Waals surface area (Å²) in [6.45, 7) is 0.217. The topological polar surface area (TPSA) is 75.6 Å². The Morgan fingerprint density at radius 3 is 2.50 bits per heavy atom. The predicted octanol–water partition coefficient (Wildman–Crippen LogP) is 5.07. The van der Waals surface area contributed by atoms with E-state index >= 15 is 0 Å². The molecule has 2 amide bonds. The molecule has 4 aromatic rings. The quantitative estimate of drug-likeness (QED) is 0.360. The second-order valence-electron chi connectivity index (χ2n) is 9.60. The van der Waals surface area contributed by atoms with E-state index in [9.17, 15) is 22.8 Å². The van der Waals surface area contributed by atoms with E-state index in [4.69, 9.17) is 4.74 Å². The maximum Gasteiger partial charge on any atom is 0.241 e. The first-order chi connectivity index (χ1) is 18.3. The molecule has 1 aromatic heterocycles. The zero-order valence-electron chi connectivity index (χ0n) is 20.3. The van der Waals surface area contributed by atoms with Crippen LogP contribution in [0.3, 0.4) is 0 Å². The number of nitrogens with one attached hydrogen (secondary N) is 2. The molecule has 3 heterocycles. The van der Waals surface area contributed by atoms with Crippen molar-refractivity contribution in [1.29, 1.82) is 0 Å². The molecule has 0 aliphatic carbocycles. The van der Waals surface area contributed by atoms with E-state index in [1.807, 2.05) is 10.6 Å². The highest BCUT2D eigenvalue weighted by atomic mass is 19.1. The minimum atomic E-state index is -1.04. The summed E-state index contributed by atoms with van der Waals surface area (Å²) >= 11 is 0. The smallest absolute Gasteiger partial charge is 0.241 e. The number of nitrogens with zero attached hydrogens (tertiary/aromatic N) is 2. The maximum absolute atomic E-state index is 14.2. The van der Waals surface area contributed by atoms with Crippen molar-refractivity contribution in [2.24, 2.45) is 0 Å². The van der Waals surface area contributed by atoms with Gasteiger partial charge in [0, 0.05) is 53.0 Å². The molecule has 1 saturated heterocycles. The van der Waals surface area contributed by atoms with E-state index in [0.29, 0.717) is 23.5 Å². The van der Waals surface area contributed by atoms with Crippen LogP contribution in [0.4, 0.5) is 24.5 Å². The third kappa shape index (κ3) is 4.16. The van der Waals surface area contributed by atoms with Gasteiger partial charge in [0.05, 0.1) is 17.3 Å². The van der Waals surface area contributed by atoms with Gasteiger partial charge in [-0.25, -0.2) is 13.2 Å². The highest BCUT2D eigenvalue weighted by molar-refractivity contribution is 5.98. The number of fused-ring (bicyclic) bond motifs is 5. The summed E-state index contributed by atoms with van der Waals surface area (Å²) in [5.41, 5.74) is 3.48. The third-order valence-electron chi connectivity index (χ3n) is 7.03. The number of aromatic nitrogens is 1. The fraction of sp³-hybridized carbons (Fsp3) is 0.214. The summed E-state index contributed by atoms with van der Waals surface area (Å²) in [5.74, 6) is -1.32. The normalized spacial score (nSPS) is 20.5. The lowest BCUT2D eigenvalue weighted by Crippen LogP contribution is -2.37. The van der Waals surface area contributed by atoms with Crippen molar-refractivity contribution >= 4 is 34.6 Å². The van der Waals surface area contributed by atoms with Gasteiger partial charge in [0.25, 0.3) is 0 Å². The average molecular weight is 521 g/mol. The van der Waals surface area contributed by atoms with Gasteiger partial charge in [-0.1, -0.05) is 0 Å². The SMILES string of the molecule is CN1CC(F)CC1C(=O)Nc1ccc2c(c1)cc1n2C(c2cc(F)cc(F)c2)Oc2cc(NC=O)ccc2-1. The van der Waals surface area contributed by atoms with Crippen LogP contribution < -0.4 is 15.4 Å². The molecule has 2 N–H and O–H groups in total. The third-order valence-corrected chi connectivity index (χ3v) is 7.03. The zero-order chi connectivity index (χ0) is 26.6. The van der Waals surface area contributed by atoms with Gasteiger partial charge in [-0.3, -0.25) is 14.5 Å². The van der Waals surface area contributed by atoms with E-state index in [0.717, 1.165) is 28.2 Å². The number of hydrogen-bond acceptors (Lipinski definition) is 4. The molecular weight excluding hydrogens is 497 g/mol. The van der Waals surface area contributed by atoms with Crippen molar-refractivity contribution in [2.75, 3.05) is 24.2 Å². The standard InChI is InChI=1S/C28H23F3N4O3/c1-34-13-19(31)11-25(34)27(37)33-21-3-5-23-15(8-21)9-24-22-4-2-20(32-14-36)12-26(22)38-28(35(23)24)16-6-17(29)10-18(30)7-16/h2-10,12,14,19,25,28H,11,13H2,1H3,(H,32,36)(H,33,37). The summed E-state index contributed by atoms with van der Waals surface area (Å²) in [7, 11) is 1.72. The summed E-state index contributed by atoms with van der Waals surface area (Å²) < 4.78 is 50.3. The first-order valence-corrected chi connectivity index (χ1v) is 12.1. The molecule has 3 atom stereocenters. The van der Waals surface area contributed by atoms with Crippen molar-refractivity contribution in [3.63, 3.8) is 0 Å². The minimum absolute atomic E-state index is 0.145. The van der Waals surface area contributed by atoms with E-state index in [-0.39, 0.29) is 24.4 Å². The summed E-state index contributed by atoms with van der Waals surface area (Å²) in [5, 5.41) is 6.22. The number of benzene rings is 3. The largest absolute Gasteiger partial charge is 0.465 e. The van der Waals surface area contributed by atoms with Gasteiger partial charge in [0.15, 0.2) is 0 Å². The molecule has 10 heteroatoms. The van der Waals surface area contributed by atoms with Gasteiger partial charge in [-0.15, -0.1) is 0 Å². The first kappa shape index (κ1) is 24.1. The number of likely N-dealkylation sites (N-methyl/N-ethyl adjacent to an activating group) is 1. The van der Waals surface area contributed by atoms with E-state index < -0.39 is 30.1 Å². The van der Waals surface area contributed by atoms with Crippen LogP contribution >= 0.6 is 0 Å². The van der Waals surface area contributed by atoms with Gasteiger partial charge in [0.1, 0.15) is 23.6 Å². The number of amides is 2. The molecule has 3 unspecified atom stereocenters. The van der Waals surface area contributed by atoms with Gasteiger partial charge in [-0.2, -0.15) is 0 Å². The lowest BCUT2D eigenvalue weighted by molar-refractivity contribution is -0.120. The van der Waals surface area contributed by atoms with Crippen molar-refractivity contribution in [2.45, 2.75) is 24.9 Å². The Morgan fingerprint density at radius 2 is 1.79 bits per heavy atom. The van der Waals surface area contributed by atoms with Crippen LogP contribution in [-0.2, 0) is 9.59 Å². The fourth-order valence-electron chi connectivity index (χ4n) is 5.34. The van der Waals surface area contributed by atoms with E-state index in [2.05, 4.69) is 10.6 Å². The Hall–Kier alpha value is -4.31. The van der Waals surface area contributed by atoms with Crippen LogP contribution in [0.15, 0.2) is 60.7 Å². The first-order valence-electron chi connectivity index (χ1n) is 12.1. The molecule has 7 nitrogen and oxygen atoms in total. The molecule has 0 saturated carbocycles. The second-order valence-corrected chi connectivity index (χ2v) is 9.60. The molecule has 6 rings (SSSR count). The molecule has 0 spiro atoms. The number of anilines is 2. The molecule has 1 fully saturated rings. The highest BCUT2D eigenvalue weighted by Gasteiger charge is 2.35. The predicted molar refractivity (Wildman–Crippen MR) is 137 cm³/mol. The highest BCUT2D eigenvalue weighted by Crippen LogP contribution is 2.45. The fourth-order valence-corrected chi connectivity index (χ4v) is 5.34. The molecule has 2 aliphatic heterocycles. The molecule has 38 heavy (non-hydrogen) atoms. The number of halogens is 3. The molecular formula is C28H23F3N4O3. The summed E-state index contributed by atoms with van der Waals surface area (Å²) in [4.78, 5) is 25.5. The van der Waals surface area contributed by atoms with Crippen molar-refractivity contribution in [3.8, 4) is 17.0 Å². The van der Waals surface area contributed by atoms with Crippen molar-refractivity contribution in [3.05, 3.63) is 77.9 Å². The van der Waals surface area contributed by atoms with Crippen molar-refractivity contribution < 1.29 is 27.5 Å². The number of rotatable bonds is 5.